The zero-order valence-electron chi connectivity index (χ0n) is 31.1. The van der Waals surface area contributed by atoms with E-state index in [4.69, 9.17) is 0 Å². The van der Waals surface area contributed by atoms with Gasteiger partial charge in [-0.05, 0) is 135 Å². The first-order chi connectivity index (χ1) is 21.2. The van der Waals surface area contributed by atoms with Crippen molar-refractivity contribution in [1.29, 1.82) is 0 Å². The van der Waals surface area contributed by atoms with E-state index in [-0.39, 0.29) is 36.5 Å². The Labute approximate surface area is 315 Å². The van der Waals surface area contributed by atoms with Crippen molar-refractivity contribution < 1.29 is 53.8 Å². The van der Waals surface area contributed by atoms with Crippen LogP contribution in [-0.4, -0.2) is 41.2 Å². The number of allylic oxidation sites excluding steroid dienone is 4. The third-order valence-electron chi connectivity index (χ3n) is 11.0. The van der Waals surface area contributed by atoms with Crippen LogP contribution in [0.5, 0.6) is 0 Å². The molecule has 5 rings (SSSR count). The Bertz CT molecular complexity index is 730. The average molecular weight is 834 g/mol. The smallest absolute Gasteiger partial charge is 0.418 e. The van der Waals surface area contributed by atoms with Gasteiger partial charge >= 0.3 is 7.25 Å². The van der Waals surface area contributed by atoms with Gasteiger partial charge in [-0.2, -0.15) is 0 Å². The van der Waals surface area contributed by atoms with E-state index in [9.17, 15) is 17.3 Å². The van der Waals surface area contributed by atoms with Gasteiger partial charge in [0.25, 0.3) is 0 Å². The second-order valence-electron chi connectivity index (χ2n) is 15.8. The fraction of sp³-hybridized carbons (Fsp3) is 0.895. The van der Waals surface area contributed by atoms with Crippen molar-refractivity contribution in [2.45, 2.75) is 192 Å². The van der Waals surface area contributed by atoms with Crippen molar-refractivity contribution in [3.8, 4) is 0 Å². The van der Waals surface area contributed by atoms with Crippen LogP contribution in [0.3, 0.4) is 0 Å². The Morgan fingerprint density at radius 2 is 0.638 bits per heavy atom. The molecule has 281 valence electrons. The molecule has 47 heavy (non-hydrogen) atoms. The van der Waals surface area contributed by atoms with E-state index in [0.29, 0.717) is 15.8 Å². The molecule has 0 spiro atoms. The second kappa shape index (κ2) is 25.3. The summed E-state index contributed by atoms with van der Waals surface area (Å²) in [6.07, 6.45) is 32.6. The molecule has 0 aromatic heterocycles. The van der Waals surface area contributed by atoms with E-state index < -0.39 is 7.25 Å². The minimum absolute atomic E-state index is 0. The Morgan fingerprint density at radius 1 is 0.447 bits per heavy atom. The Kier molecular flexibility index (Phi) is 26.0. The average Bonchev–Trinajstić information content (AvgIpc) is 3.73. The third-order valence-corrected chi connectivity index (χ3v) is 20.2. The monoisotopic (exact) mass is 834 g/mol. The standard InChI is InChI=1S/2C15H29P.C8H12.BF4.Fe.Rh/c2*1-11(2)14-9-10-15(12(3)4)16(14)13-7-5-6-8-13;1-2-4-6-8-7-5-3-1;2-1(3,4)5;;/h2*11-15H,5-10H2,1-4H3;1-2,7-8H,3-6H2;;;/q;;;-1;;/b;;2-1-,8-7?;;;/t2*14-,15-;;;;/m11..../s1. The van der Waals surface area contributed by atoms with Crippen molar-refractivity contribution in [1.82, 2.24) is 0 Å². The predicted octanol–water partition coefficient (Wildman–Crippen LogP) is 14.5. The molecule has 4 fully saturated rings. The first-order valence-electron chi connectivity index (χ1n) is 18.9. The largest absolute Gasteiger partial charge is 0.673 e. The van der Waals surface area contributed by atoms with E-state index in [1.807, 2.05) is 0 Å². The molecule has 0 amide bonds. The van der Waals surface area contributed by atoms with Gasteiger partial charge in [0, 0.05) is 36.5 Å². The molecule has 9 heteroatoms. The molecular formula is C38H70BF4FeP2Rh-. The topological polar surface area (TPSA) is 0 Å². The van der Waals surface area contributed by atoms with Crippen LogP contribution in [0.25, 0.3) is 0 Å². The van der Waals surface area contributed by atoms with Gasteiger partial charge in [0.2, 0.25) is 0 Å². The summed E-state index contributed by atoms with van der Waals surface area (Å²) in [6, 6.07) is 0. The molecule has 3 aliphatic carbocycles. The van der Waals surface area contributed by atoms with Crippen LogP contribution in [-0.2, 0) is 36.5 Å². The SMILES string of the molecule is C1=CCC/C=C\CC1.CC(C)[C@H]1CC[C@H](C(C)C)P1C1CCCC1.CC(C)[C@H]1CC[C@H](C(C)C)P1C1CCCC1.F[B-](F)(F)F.[Fe].[Rh]. The first kappa shape index (κ1) is 48.3. The zero-order valence-corrected chi connectivity index (χ0v) is 35.6. The van der Waals surface area contributed by atoms with Gasteiger partial charge in [0.1, 0.15) is 0 Å². The minimum Gasteiger partial charge on any atom is -0.418 e. The number of rotatable bonds is 6. The maximum atomic E-state index is 9.75. The molecule has 0 aromatic rings. The number of hydrogen-bond acceptors (Lipinski definition) is 0. The molecule has 1 radical (unpaired) electrons. The molecule has 2 aliphatic heterocycles. The van der Waals surface area contributed by atoms with Gasteiger partial charge in [-0.25, -0.2) is 0 Å². The fourth-order valence-electron chi connectivity index (χ4n) is 8.83. The van der Waals surface area contributed by atoms with Gasteiger partial charge in [0.05, 0.1) is 0 Å². The maximum Gasteiger partial charge on any atom is 0.673 e. The maximum absolute atomic E-state index is 9.75. The minimum atomic E-state index is -6.00. The van der Waals surface area contributed by atoms with E-state index in [0.717, 1.165) is 57.6 Å². The van der Waals surface area contributed by atoms with Crippen molar-refractivity contribution in [2.24, 2.45) is 23.7 Å². The van der Waals surface area contributed by atoms with Crippen molar-refractivity contribution in [2.75, 3.05) is 0 Å². The molecule has 5 aliphatic rings. The molecule has 2 saturated carbocycles. The van der Waals surface area contributed by atoms with Crippen LogP contribution < -0.4 is 0 Å². The fourth-order valence-corrected chi connectivity index (χ4v) is 18.4. The van der Waals surface area contributed by atoms with Gasteiger partial charge in [-0.1, -0.05) is 121 Å². The van der Waals surface area contributed by atoms with Gasteiger partial charge in [-0.3, -0.25) is 0 Å². The van der Waals surface area contributed by atoms with Gasteiger partial charge < -0.3 is 17.3 Å². The summed E-state index contributed by atoms with van der Waals surface area (Å²) in [6.45, 7) is 19.8. The summed E-state index contributed by atoms with van der Waals surface area (Å²) in [5.41, 5.74) is 6.71. The Balaban J connectivity index is 0.000000643. The normalized spacial score (nSPS) is 28.1. The first-order valence-corrected chi connectivity index (χ1v) is 22.0. The molecule has 0 nitrogen and oxygen atoms in total. The molecule has 0 N–H and O–H groups in total. The molecule has 0 unspecified atom stereocenters. The predicted molar refractivity (Wildman–Crippen MR) is 198 cm³/mol. The summed E-state index contributed by atoms with van der Waals surface area (Å²) in [5.74, 6) is 3.76. The summed E-state index contributed by atoms with van der Waals surface area (Å²) < 4.78 is 39.0. The second-order valence-corrected chi connectivity index (χ2v) is 21.7. The van der Waals surface area contributed by atoms with Crippen molar-refractivity contribution >= 4 is 23.1 Å². The van der Waals surface area contributed by atoms with Crippen molar-refractivity contribution in [3.05, 3.63) is 24.3 Å². The molecule has 2 saturated heterocycles. The Morgan fingerprint density at radius 3 is 0.809 bits per heavy atom. The van der Waals surface area contributed by atoms with Gasteiger partial charge in [0.15, 0.2) is 0 Å². The van der Waals surface area contributed by atoms with E-state index in [1.165, 1.54) is 51.4 Å². The Hall–Kier alpha value is 1.27. The van der Waals surface area contributed by atoms with E-state index in [2.05, 4.69) is 79.7 Å². The molecule has 4 atom stereocenters. The number of hydrogen-bond donors (Lipinski definition) is 0. The van der Waals surface area contributed by atoms with E-state index >= 15 is 0 Å². The van der Waals surface area contributed by atoms with Crippen molar-refractivity contribution in [3.63, 3.8) is 0 Å². The number of halogens is 4. The zero-order chi connectivity index (χ0) is 33.6. The van der Waals surface area contributed by atoms with Crippen LogP contribution in [0.4, 0.5) is 17.3 Å². The van der Waals surface area contributed by atoms with Crippen LogP contribution in [0, 0.1) is 23.7 Å². The van der Waals surface area contributed by atoms with E-state index in [1.54, 1.807) is 51.4 Å². The third kappa shape index (κ3) is 18.0. The van der Waals surface area contributed by atoms with Crippen LogP contribution in [0.1, 0.15) is 158 Å². The summed E-state index contributed by atoms with van der Waals surface area (Å²) in [7, 11) is -5.30. The summed E-state index contributed by atoms with van der Waals surface area (Å²) in [4.78, 5) is 0. The molecular weight excluding hydrogens is 764 g/mol. The molecule has 0 bridgehead atoms. The summed E-state index contributed by atoms with van der Waals surface area (Å²) in [5, 5.41) is 0. The van der Waals surface area contributed by atoms with Crippen LogP contribution >= 0.6 is 15.8 Å². The summed E-state index contributed by atoms with van der Waals surface area (Å²) >= 11 is 0. The van der Waals surface area contributed by atoms with Crippen LogP contribution in [0.15, 0.2) is 24.3 Å². The quantitative estimate of drug-likeness (QED) is 0.108. The van der Waals surface area contributed by atoms with Gasteiger partial charge in [-0.15, -0.1) is 0 Å². The van der Waals surface area contributed by atoms with Crippen LogP contribution in [0.2, 0.25) is 0 Å². The molecule has 0 aromatic carbocycles. The molecule has 2 heterocycles.